The van der Waals surface area contributed by atoms with Crippen LogP contribution in [-0.4, -0.2) is 21.3 Å². The number of nitrogens with one attached hydrogen (secondary N) is 1. The van der Waals surface area contributed by atoms with Crippen LogP contribution < -0.4 is 0 Å². The van der Waals surface area contributed by atoms with Gasteiger partial charge in [0, 0.05) is 4.88 Å². The Labute approximate surface area is 90.6 Å². The molecule has 0 atom stereocenters. The van der Waals surface area contributed by atoms with E-state index in [0.717, 1.165) is 17.0 Å². The van der Waals surface area contributed by atoms with Crippen molar-refractivity contribution in [2.45, 2.75) is 13.3 Å². The second kappa shape index (κ2) is 3.86. The lowest BCUT2D eigenvalue weighted by Crippen LogP contribution is -1.95. The molecule has 0 bridgehead atoms. The molecule has 0 unspecified atom stereocenters. The van der Waals surface area contributed by atoms with E-state index in [2.05, 4.69) is 17.1 Å². The van der Waals surface area contributed by atoms with Crippen LogP contribution in [0.5, 0.6) is 0 Å². The fourth-order valence-corrected chi connectivity index (χ4v) is 2.18. The lowest BCUT2D eigenvalue weighted by molar-refractivity contribution is 0.0690. The van der Waals surface area contributed by atoms with Gasteiger partial charge >= 0.3 is 5.97 Å². The van der Waals surface area contributed by atoms with Gasteiger partial charge in [0.05, 0.1) is 10.6 Å². The van der Waals surface area contributed by atoms with Gasteiger partial charge in [0.1, 0.15) is 0 Å². The third kappa shape index (κ3) is 1.92. The molecule has 0 aliphatic heterocycles. The quantitative estimate of drug-likeness (QED) is 0.838. The summed E-state index contributed by atoms with van der Waals surface area (Å²) in [7, 11) is 0. The van der Waals surface area contributed by atoms with Crippen LogP contribution >= 0.6 is 11.3 Å². The van der Waals surface area contributed by atoms with Crippen LogP contribution in [0.25, 0.3) is 10.6 Å². The number of aryl methyl sites for hydroxylation is 1. The molecule has 5 heteroatoms. The van der Waals surface area contributed by atoms with E-state index >= 15 is 0 Å². The van der Waals surface area contributed by atoms with Crippen molar-refractivity contribution < 1.29 is 9.90 Å². The molecule has 0 aromatic carbocycles. The molecule has 2 aromatic heterocycles. The zero-order chi connectivity index (χ0) is 10.8. The number of aromatic nitrogens is 2. The number of carbonyl (C=O) groups is 1. The van der Waals surface area contributed by atoms with Crippen molar-refractivity contribution in [3.8, 4) is 10.6 Å². The third-order valence-corrected chi connectivity index (χ3v) is 3.34. The molecule has 2 rings (SSSR count). The van der Waals surface area contributed by atoms with Gasteiger partial charge in [-0.3, -0.25) is 5.10 Å². The van der Waals surface area contributed by atoms with E-state index in [4.69, 9.17) is 5.11 Å². The maximum absolute atomic E-state index is 10.6. The highest BCUT2D eigenvalue weighted by Crippen LogP contribution is 2.27. The summed E-state index contributed by atoms with van der Waals surface area (Å²) in [4.78, 5) is 12.9. The van der Waals surface area contributed by atoms with Gasteiger partial charge in [-0.1, -0.05) is 6.92 Å². The van der Waals surface area contributed by atoms with Crippen molar-refractivity contribution in [2.75, 3.05) is 0 Å². The van der Waals surface area contributed by atoms with Gasteiger partial charge in [0.15, 0.2) is 5.69 Å². The molecule has 0 amide bonds. The highest BCUT2D eigenvalue weighted by molar-refractivity contribution is 7.15. The van der Waals surface area contributed by atoms with Crippen molar-refractivity contribution >= 4 is 17.3 Å². The van der Waals surface area contributed by atoms with E-state index < -0.39 is 5.97 Å². The van der Waals surface area contributed by atoms with Crippen LogP contribution in [0.15, 0.2) is 18.2 Å². The van der Waals surface area contributed by atoms with Gasteiger partial charge in [-0.2, -0.15) is 5.10 Å². The number of H-pyrrole nitrogens is 1. The zero-order valence-electron chi connectivity index (χ0n) is 8.15. The van der Waals surface area contributed by atoms with Crippen molar-refractivity contribution in [3.05, 3.63) is 28.8 Å². The molecule has 0 radical (unpaired) electrons. The first-order chi connectivity index (χ1) is 7.20. The fraction of sp³-hybridized carbons (Fsp3) is 0.200. The van der Waals surface area contributed by atoms with Crippen LogP contribution in [0.3, 0.4) is 0 Å². The molecule has 2 N–H and O–H groups in total. The van der Waals surface area contributed by atoms with E-state index in [0.29, 0.717) is 0 Å². The maximum Gasteiger partial charge on any atom is 0.356 e. The summed E-state index contributed by atoms with van der Waals surface area (Å²) < 4.78 is 0. The molecule has 0 aliphatic rings. The number of hydrogen-bond acceptors (Lipinski definition) is 3. The number of nitrogens with zero attached hydrogens (tertiary/aromatic N) is 1. The van der Waals surface area contributed by atoms with Gasteiger partial charge < -0.3 is 5.11 Å². The smallest absolute Gasteiger partial charge is 0.356 e. The second-order valence-corrected chi connectivity index (χ2v) is 4.26. The SMILES string of the molecule is CCc1ccc(-c2cc(C(=O)O)n[nH]2)s1. The molecule has 0 saturated carbocycles. The van der Waals surface area contributed by atoms with E-state index in [9.17, 15) is 4.79 Å². The fourth-order valence-electron chi connectivity index (χ4n) is 1.27. The Morgan fingerprint density at radius 1 is 1.60 bits per heavy atom. The van der Waals surface area contributed by atoms with Crippen molar-refractivity contribution in [1.29, 1.82) is 0 Å². The van der Waals surface area contributed by atoms with Crippen molar-refractivity contribution in [3.63, 3.8) is 0 Å². The van der Waals surface area contributed by atoms with E-state index in [1.165, 1.54) is 4.88 Å². The lowest BCUT2D eigenvalue weighted by Gasteiger charge is -1.88. The number of rotatable bonds is 3. The minimum Gasteiger partial charge on any atom is -0.476 e. The van der Waals surface area contributed by atoms with Gasteiger partial charge in [0.25, 0.3) is 0 Å². The third-order valence-electron chi connectivity index (χ3n) is 2.07. The van der Waals surface area contributed by atoms with E-state index in [-0.39, 0.29) is 5.69 Å². The predicted octanol–water partition coefficient (Wildman–Crippen LogP) is 2.40. The molecular weight excluding hydrogens is 212 g/mol. The Morgan fingerprint density at radius 2 is 2.40 bits per heavy atom. The number of aromatic carboxylic acids is 1. The van der Waals surface area contributed by atoms with Crippen LogP contribution in [0, 0.1) is 0 Å². The van der Waals surface area contributed by atoms with Crippen LogP contribution in [0.2, 0.25) is 0 Å². The molecule has 2 aromatic rings. The van der Waals surface area contributed by atoms with Crippen molar-refractivity contribution in [2.24, 2.45) is 0 Å². The Balaban J connectivity index is 2.32. The molecule has 0 spiro atoms. The Morgan fingerprint density at radius 3 is 2.93 bits per heavy atom. The summed E-state index contributed by atoms with van der Waals surface area (Å²) in [5, 5.41) is 15.1. The van der Waals surface area contributed by atoms with Crippen molar-refractivity contribution in [1.82, 2.24) is 10.2 Å². The standard InChI is InChI=1S/C10H10N2O2S/c1-2-6-3-4-9(15-6)7-5-8(10(13)14)12-11-7/h3-5H,2H2,1H3,(H,11,12)(H,13,14). The molecule has 15 heavy (non-hydrogen) atoms. The zero-order valence-corrected chi connectivity index (χ0v) is 8.97. The molecule has 78 valence electrons. The summed E-state index contributed by atoms with van der Waals surface area (Å²) >= 11 is 1.65. The van der Waals surface area contributed by atoms with Crippen LogP contribution in [0.1, 0.15) is 22.3 Å². The van der Waals surface area contributed by atoms with E-state index in [1.807, 2.05) is 12.1 Å². The summed E-state index contributed by atoms with van der Waals surface area (Å²) in [6.07, 6.45) is 0.991. The monoisotopic (exact) mass is 222 g/mol. The van der Waals surface area contributed by atoms with Gasteiger partial charge in [-0.25, -0.2) is 4.79 Å². The van der Waals surface area contributed by atoms with Gasteiger partial charge in [0.2, 0.25) is 0 Å². The van der Waals surface area contributed by atoms with Crippen LogP contribution in [0.4, 0.5) is 0 Å². The summed E-state index contributed by atoms with van der Waals surface area (Å²) in [6, 6.07) is 5.57. The average molecular weight is 222 g/mol. The first-order valence-electron chi connectivity index (χ1n) is 4.58. The van der Waals surface area contributed by atoms with E-state index in [1.54, 1.807) is 17.4 Å². The first-order valence-corrected chi connectivity index (χ1v) is 5.40. The number of thiophene rings is 1. The largest absolute Gasteiger partial charge is 0.476 e. The number of carboxylic acid groups (broad SMARTS) is 1. The maximum atomic E-state index is 10.6. The molecule has 2 heterocycles. The molecular formula is C10H10N2O2S. The topological polar surface area (TPSA) is 66.0 Å². The normalized spacial score (nSPS) is 10.5. The predicted molar refractivity (Wildman–Crippen MR) is 58.2 cm³/mol. The number of carboxylic acids is 1. The molecule has 0 aliphatic carbocycles. The molecule has 0 fully saturated rings. The average Bonchev–Trinajstić information content (AvgIpc) is 2.86. The molecule has 4 nitrogen and oxygen atoms in total. The lowest BCUT2D eigenvalue weighted by atomic mass is 10.3. The number of aromatic amines is 1. The Hall–Kier alpha value is -1.62. The Bertz CT molecular complexity index is 487. The highest BCUT2D eigenvalue weighted by Gasteiger charge is 2.10. The first kappa shape index (κ1) is 9.92. The minimum absolute atomic E-state index is 0.0523. The second-order valence-electron chi connectivity index (χ2n) is 3.09. The summed E-state index contributed by atoms with van der Waals surface area (Å²) in [6.45, 7) is 2.09. The highest BCUT2D eigenvalue weighted by atomic mass is 32.1. The van der Waals surface area contributed by atoms with Crippen LogP contribution in [-0.2, 0) is 6.42 Å². The Kier molecular flexibility index (Phi) is 2.55. The molecule has 0 saturated heterocycles. The summed E-state index contributed by atoms with van der Waals surface area (Å²) in [5.74, 6) is -1.01. The van der Waals surface area contributed by atoms with Gasteiger partial charge in [-0.15, -0.1) is 11.3 Å². The minimum atomic E-state index is -1.01. The van der Waals surface area contributed by atoms with Gasteiger partial charge in [-0.05, 0) is 24.6 Å². The number of hydrogen-bond donors (Lipinski definition) is 2. The summed E-state index contributed by atoms with van der Waals surface area (Å²) in [5.41, 5.74) is 0.813.